The second-order valence-electron chi connectivity index (χ2n) is 5.31. The van der Waals surface area contributed by atoms with E-state index in [1.807, 2.05) is 0 Å². The highest BCUT2D eigenvalue weighted by Crippen LogP contribution is 2.12. The molecule has 0 aromatic heterocycles. The van der Waals surface area contributed by atoms with Gasteiger partial charge in [-0.25, -0.2) is 4.79 Å². The molecule has 0 spiro atoms. The van der Waals surface area contributed by atoms with Crippen LogP contribution in [0.1, 0.15) is 33.6 Å². The third kappa shape index (κ3) is 7.34. The number of rotatable bonds is 7. The number of carboxylic acid groups (broad SMARTS) is 2. The molecule has 8 heteroatoms. The van der Waals surface area contributed by atoms with E-state index in [1.54, 1.807) is 20.8 Å². The Balaban J connectivity index is 4.19. The van der Waals surface area contributed by atoms with Crippen LogP contribution < -0.4 is 10.6 Å². The smallest absolute Gasteiger partial charge is 0.326 e. The largest absolute Gasteiger partial charge is 0.481 e. The molecule has 0 aliphatic rings. The molecule has 0 aromatic rings. The first-order valence-electron chi connectivity index (χ1n) is 6.06. The summed E-state index contributed by atoms with van der Waals surface area (Å²) in [7, 11) is 0. The molecule has 0 bridgehead atoms. The summed E-state index contributed by atoms with van der Waals surface area (Å²) >= 11 is 0. The molecule has 1 atom stereocenters. The molecule has 0 saturated heterocycles. The number of hydrogen-bond acceptors (Lipinski definition) is 4. The lowest BCUT2D eigenvalue weighted by molar-refractivity contribution is -0.147. The molecule has 2 amide bonds. The van der Waals surface area contributed by atoms with Crippen LogP contribution >= 0.6 is 0 Å². The molecule has 0 heterocycles. The van der Waals surface area contributed by atoms with Crippen LogP contribution in [0.2, 0.25) is 0 Å². The lowest BCUT2D eigenvalue weighted by Crippen LogP contribution is -2.43. The Morgan fingerprint density at radius 2 is 1.65 bits per heavy atom. The number of carbonyl (C=O) groups excluding carboxylic acids is 2. The molecule has 0 fully saturated rings. The van der Waals surface area contributed by atoms with Crippen LogP contribution in [-0.2, 0) is 19.2 Å². The van der Waals surface area contributed by atoms with Gasteiger partial charge >= 0.3 is 11.9 Å². The topological polar surface area (TPSA) is 133 Å². The highest BCUT2D eigenvalue weighted by Gasteiger charge is 2.23. The normalized spacial score (nSPS) is 12.3. The van der Waals surface area contributed by atoms with Crippen molar-refractivity contribution in [2.45, 2.75) is 39.7 Å². The molecule has 4 N–H and O–H groups in total. The highest BCUT2D eigenvalue weighted by molar-refractivity contribution is 5.87. The Labute approximate surface area is 116 Å². The molecule has 0 saturated carbocycles. The van der Waals surface area contributed by atoms with Gasteiger partial charge in [0.25, 0.3) is 0 Å². The summed E-state index contributed by atoms with van der Waals surface area (Å²) in [6.07, 6.45) is -0.819. The molecule has 0 aliphatic heterocycles. The van der Waals surface area contributed by atoms with Crippen LogP contribution in [0.5, 0.6) is 0 Å². The fourth-order valence-electron chi connectivity index (χ4n) is 1.20. The summed E-state index contributed by atoms with van der Waals surface area (Å²) < 4.78 is 0. The average molecular weight is 288 g/mol. The van der Waals surface area contributed by atoms with Crippen LogP contribution in [0, 0.1) is 5.41 Å². The van der Waals surface area contributed by atoms with Crippen molar-refractivity contribution in [3.8, 4) is 0 Å². The Morgan fingerprint density at radius 3 is 2.05 bits per heavy atom. The van der Waals surface area contributed by atoms with E-state index in [-0.39, 0.29) is 18.9 Å². The minimum absolute atomic E-state index is 0.0569. The fourth-order valence-corrected chi connectivity index (χ4v) is 1.20. The van der Waals surface area contributed by atoms with Gasteiger partial charge in [-0.1, -0.05) is 20.8 Å². The number of hydrogen-bond donors (Lipinski definition) is 4. The number of nitrogens with one attached hydrogen (secondary N) is 2. The lowest BCUT2D eigenvalue weighted by Gasteiger charge is -2.18. The van der Waals surface area contributed by atoms with E-state index in [0.29, 0.717) is 0 Å². The maximum Gasteiger partial charge on any atom is 0.326 e. The number of amides is 2. The van der Waals surface area contributed by atoms with Crippen molar-refractivity contribution in [3.05, 3.63) is 0 Å². The maximum absolute atomic E-state index is 11.5. The van der Waals surface area contributed by atoms with Gasteiger partial charge < -0.3 is 20.8 Å². The van der Waals surface area contributed by atoms with Crippen LogP contribution in [-0.4, -0.2) is 46.6 Å². The number of aliphatic carboxylic acids is 2. The zero-order valence-electron chi connectivity index (χ0n) is 11.7. The van der Waals surface area contributed by atoms with E-state index >= 15 is 0 Å². The Bertz CT molecular complexity index is 399. The van der Waals surface area contributed by atoms with Crippen molar-refractivity contribution in [2.24, 2.45) is 5.41 Å². The quantitative estimate of drug-likeness (QED) is 0.503. The molecule has 0 aliphatic carbocycles. The third-order valence-corrected chi connectivity index (χ3v) is 2.33. The molecular weight excluding hydrogens is 268 g/mol. The summed E-state index contributed by atoms with van der Waals surface area (Å²) in [5, 5.41) is 21.9. The Morgan fingerprint density at radius 1 is 1.10 bits per heavy atom. The van der Waals surface area contributed by atoms with Crippen molar-refractivity contribution >= 4 is 23.8 Å². The highest BCUT2D eigenvalue weighted by atomic mass is 16.4. The van der Waals surface area contributed by atoms with Crippen LogP contribution in [0.15, 0.2) is 0 Å². The number of carboxylic acids is 2. The molecule has 1 unspecified atom stereocenters. The van der Waals surface area contributed by atoms with Crippen LogP contribution in [0.25, 0.3) is 0 Å². The minimum Gasteiger partial charge on any atom is -0.481 e. The van der Waals surface area contributed by atoms with Crippen molar-refractivity contribution < 1.29 is 29.4 Å². The van der Waals surface area contributed by atoms with Gasteiger partial charge in [-0.3, -0.25) is 14.4 Å². The summed E-state index contributed by atoms with van der Waals surface area (Å²) in [5.41, 5.74) is -0.580. The summed E-state index contributed by atoms with van der Waals surface area (Å²) in [6, 6.07) is -1.47. The Hall–Kier alpha value is -2.12. The molecule has 0 radical (unpaired) electrons. The van der Waals surface area contributed by atoms with Crippen molar-refractivity contribution in [2.75, 3.05) is 6.54 Å². The van der Waals surface area contributed by atoms with E-state index in [0.717, 1.165) is 0 Å². The second-order valence-corrected chi connectivity index (χ2v) is 5.31. The van der Waals surface area contributed by atoms with E-state index < -0.39 is 35.7 Å². The summed E-state index contributed by atoms with van der Waals surface area (Å²) in [4.78, 5) is 44.1. The second kappa shape index (κ2) is 7.46. The standard InChI is InChI=1S/C12H20N2O6/c1-12(2,3)11(20)13-5-4-8(15)14-7(10(18)19)6-9(16)17/h7H,4-6H2,1-3H3,(H,13,20)(H,14,15)(H,16,17)(H,18,19). The first-order valence-corrected chi connectivity index (χ1v) is 6.06. The molecule has 114 valence electrons. The summed E-state index contributed by atoms with van der Waals surface area (Å²) in [5.74, 6) is -3.60. The van der Waals surface area contributed by atoms with Gasteiger partial charge in [0.1, 0.15) is 6.04 Å². The van der Waals surface area contributed by atoms with Gasteiger partial charge in [0, 0.05) is 18.4 Å². The van der Waals surface area contributed by atoms with Gasteiger partial charge in [0.2, 0.25) is 11.8 Å². The Kier molecular flexibility index (Phi) is 6.67. The van der Waals surface area contributed by atoms with E-state index in [1.165, 1.54) is 0 Å². The van der Waals surface area contributed by atoms with E-state index in [9.17, 15) is 19.2 Å². The van der Waals surface area contributed by atoms with Crippen LogP contribution in [0.4, 0.5) is 0 Å². The summed E-state index contributed by atoms with van der Waals surface area (Å²) in [6.45, 7) is 5.21. The lowest BCUT2D eigenvalue weighted by atomic mass is 9.96. The van der Waals surface area contributed by atoms with Gasteiger partial charge in [0.05, 0.1) is 6.42 Å². The molecular formula is C12H20N2O6. The predicted octanol–water partition coefficient (Wildman–Crippen LogP) is -0.417. The zero-order valence-corrected chi connectivity index (χ0v) is 11.7. The molecule has 0 aromatic carbocycles. The van der Waals surface area contributed by atoms with E-state index in [4.69, 9.17) is 10.2 Å². The van der Waals surface area contributed by atoms with Crippen molar-refractivity contribution in [1.82, 2.24) is 10.6 Å². The SMILES string of the molecule is CC(C)(C)C(=O)NCCC(=O)NC(CC(=O)O)C(=O)O. The van der Waals surface area contributed by atoms with Crippen molar-refractivity contribution in [1.29, 1.82) is 0 Å². The van der Waals surface area contributed by atoms with Gasteiger partial charge in [-0.2, -0.15) is 0 Å². The zero-order chi connectivity index (χ0) is 15.9. The third-order valence-electron chi connectivity index (χ3n) is 2.33. The molecule has 0 rings (SSSR count). The van der Waals surface area contributed by atoms with Crippen LogP contribution in [0.3, 0.4) is 0 Å². The molecule has 20 heavy (non-hydrogen) atoms. The average Bonchev–Trinajstić information content (AvgIpc) is 2.25. The first-order chi connectivity index (χ1) is 9.04. The van der Waals surface area contributed by atoms with Gasteiger partial charge in [-0.05, 0) is 0 Å². The predicted molar refractivity (Wildman–Crippen MR) is 68.9 cm³/mol. The fraction of sp³-hybridized carbons (Fsp3) is 0.667. The monoisotopic (exact) mass is 288 g/mol. The van der Waals surface area contributed by atoms with Gasteiger partial charge in [0.15, 0.2) is 0 Å². The van der Waals surface area contributed by atoms with Crippen molar-refractivity contribution in [3.63, 3.8) is 0 Å². The van der Waals surface area contributed by atoms with Gasteiger partial charge in [-0.15, -0.1) is 0 Å². The van der Waals surface area contributed by atoms with E-state index in [2.05, 4.69) is 10.6 Å². The number of carbonyl (C=O) groups is 4. The first kappa shape index (κ1) is 17.9. The minimum atomic E-state index is -1.47. The molecule has 8 nitrogen and oxygen atoms in total. The maximum atomic E-state index is 11.5.